The van der Waals surface area contributed by atoms with Crippen LogP contribution >= 0.6 is 0 Å². The molecule has 0 unspecified atom stereocenters. The van der Waals surface area contributed by atoms with Gasteiger partial charge in [0.15, 0.2) is 0 Å². The van der Waals surface area contributed by atoms with Gasteiger partial charge in [-0.1, -0.05) is 0 Å². The van der Waals surface area contributed by atoms with Crippen LogP contribution in [0.1, 0.15) is 19.4 Å². The van der Waals surface area contributed by atoms with Crippen LogP contribution in [0.25, 0.3) is 0 Å². The first-order valence-electron chi connectivity index (χ1n) is 3.57. The summed E-state index contributed by atoms with van der Waals surface area (Å²) in [4.78, 5) is 3.97. The summed E-state index contributed by atoms with van der Waals surface area (Å²) in [6, 6.07) is 1.97. The average Bonchev–Trinajstić information content (AvgIpc) is 2.29. The minimum atomic E-state index is -0.154. The van der Waals surface area contributed by atoms with Crippen molar-refractivity contribution in [2.75, 3.05) is 0 Å². The van der Waals surface area contributed by atoms with Gasteiger partial charge in [0, 0.05) is 11.8 Å². The Hall–Kier alpha value is -1.25. The zero-order chi connectivity index (χ0) is 7.90. The van der Waals surface area contributed by atoms with E-state index < -0.39 is 0 Å². The van der Waals surface area contributed by atoms with E-state index in [9.17, 15) is 0 Å². The van der Waals surface area contributed by atoms with Crippen molar-refractivity contribution in [3.05, 3.63) is 24.0 Å². The third kappa shape index (κ3) is 0.843. The lowest BCUT2D eigenvalue weighted by atomic mass is 9.97. The van der Waals surface area contributed by atoms with E-state index in [1.165, 1.54) is 0 Å². The zero-order valence-corrected chi connectivity index (χ0v) is 6.57. The fourth-order valence-corrected chi connectivity index (χ4v) is 1.22. The molecule has 0 saturated carbocycles. The van der Waals surface area contributed by atoms with Gasteiger partial charge in [0.2, 0.25) is 0 Å². The summed E-state index contributed by atoms with van der Waals surface area (Å²) in [7, 11) is 0. The highest BCUT2D eigenvalue weighted by Gasteiger charge is 2.27. The van der Waals surface area contributed by atoms with Gasteiger partial charge in [-0.15, -0.1) is 0 Å². The molecule has 0 amide bonds. The Labute approximate surface area is 65.2 Å². The van der Waals surface area contributed by atoms with Crippen molar-refractivity contribution >= 4 is 5.69 Å². The number of hydrogen-bond acceptors (Lipinski definition) is 3. The van der Waals surface area contributed by atoms with Crippen LogP contribution in [0, 0.1) is 0 Å². The third-order valence-corrected chi connectivity index (χ3v) is 1.87. The SMILES string of the molecule is CC1(C)N=Nc2cnccc21. The minimum absolute atomic E-state index is 0.154. The molecular weight excluding hydrogens is 138 g/mol. The fourth-order valence-electron chi connectivity index (χ4n) is 1.22. The number of hydrogen-bond donors (Lipinski definition) is 0. The van der Waals surface area contributed by atoms with Crippen molar-refractivity contribution < 1.29 is 0 Å². The van der Waals surface area contributed by atoms with Crippen molar-refractivity contribution in [1.82, 2.24) is 4.98 Å². The smallest absolute Gasteiger partial charge is 0.109 e. The maximum absolute atomic E-state index is 4.12. The lowest BCUT2D eigenvalue weighted by Crippen LogP contribution is -2.09. The zero-order valence-electron chi connectivity index (χ0n) is 6.57. The van der Waals surface area contributed by atoms with Gasteiger partial charge in [-0.2, -0.15) is 10.2 Å². The second-order valence-corrected chi connectivity index (χ2v) is 3.15. The molecule has 0 N–H and O–H groups in total. The first-order chi connectivity index (χ1) is 5.20. The monoisotopic (exact) mass is 147 g/mol. The van der Waals surface area contributed by atoms with Crippen LogP contribution in [0.2, 0.25) is 0 Å². The largest absolute Gasteiger partial charge is 0.262 e. The molecule has 0 saturated heterocycles. The lowest BCUT2D eigenvalue weighted by molar-refractivity contribution is 0.555. The molecule has 0 bridgehead atoms. The van der Waals surface area contributed by atoms with Crippen molar-refractivity contribution in [2.45, 2.75) is 19.4 Å². The van der Waals surface area contributed by atoms with Crippen LogP contribution in [-0.2, 0) is 5.54 Å². The molecule has 0 aliphatic carbocycles. The minimum Gasteiger partial charge on any atom is -0.262 e. The highest BCUT2D eigenvalue weighted by atomic mass is 15.2. The predicted molar refractivity (Wildman–Crippen MR) is 41.8 cm³/mol. The number of azo groups is 1. The summed E-state index contributed by atoms with van der Waals surface area (Å²) in [6.45, 7) is 4.09. The molecule has 0 atom stereocenters. The predicted octanol–water partition coefficient (Wildman–Crippen LogP) is 2.41. The molecule has 1 aromatic heterocycles. The first-order valence-corrected chi connectivity index (χ1v) is 3.57. The molecule has 0 fully saturated rings. The summed E-state index contributed by atoms with van der Waals surface area (Å²) in [5.41, 5.74) is 1.91. The standard InChI is InChI=1S/C8H9N3/c1-8(2)6-3-4-9-5-7(6)10-11-8/h3-5H,1-2H3. The molecular formula is C8H9N3. The van der Waals surface area contributed by atoms with Crippen LogP contribution in [-0.4, -0.2) is 4.98 Å². The van der Waals surface area contributed by atoms with E-state index >= 15 is 0 Å². The van der Waals surface area contributed by atoms with Gasteiger partial charge in [-0.3, -0.25) is 4.98 Å². The summed E-state index contributed by atoms with van der Waals surface area (Å²) >= 11 is 0. The van der Waals surface area contributed by atoms with Gasteiger partial charge in [-0.05, 0) is 19.9 Å². The fraction of sp³-hybridized carbons (Fsp3) is 0.375. The Kier molecular flexibility index (Phi) is 1.10. The molecule has 0 radical (unpaired) electrons. The Morgan fingerprint density at radius 1 is 1.36 bits per heavy atom. The quantitative estimate of drug-likeness (QED) is 0.555. The Morgan fingerprint density at radius 2 is 2.18 bits per heavy atom. The average molecular weight is 147 g/mol. The van der Waals surface area contributed by atoms with Crippen LogP contribution < -0.4 is 0 Å². The van der Waals surface area contributed by atoms with E-state index in [1.807, 2.05) is 19.9 Å². The van der Waals surface area contributed by atoms with Crippen molar-refractivity contribution in [3.8, 4) is 0 Å². The van der Waals surface area contributed by atoms with Gasteiger partial charge in [0.25, 0.3) is 0 Å². The Balaban J connectivity index is 2.64. The summed E-state index contributed by atoms with van der Waals surface area (Å²) in [6.07, 6.45) is 3.52. The molecule has 56 valence electrons. The third-order valence-electron chi connectivity index (χ3n) is 1.87. The van der Waals surface area contributed by atoms with Crippen LogP contribution in [0.4, 0.5) is 5.69 Å². The van der Waals surface area contributed by atoms with Gasteiger partial charge >= 0.3 is 0 Å². The van der Waals surface area contributed by atoms with Gasteiger partial charge in [0.05, 0.1) is 6.20 Å². The van der Waals surface area contributed by atoms with Gasteiger partial charge in [0.1, 0.15) is 11.2 Å². The highest BCUT2D eigenvalue weighted by molar-refractivity contribution is 5.49. The van der Waals surface area contributed by atoms with E-state index in [0.29, 0.717) is 0 Å². The molecule has 3 nitrogen and oxygen atoms in total. The van der Waals surface area contributed by atoms with Crippen molar-refractivity contribution in [1.29, 1.82) is 0 Å². The molecule has 1 aliphatic heterocycles. The molecule has 2 heterocycles. The van der Waals surface area contributed by atoms with Gasteiger partial charge in [-0.25, -0.2) is 0 Å². The maximum atomic E-state index is 4.12. The van der Waals surface area contributed by atoms with E-state index in [-0.39, 0.29) is 5.54 Å². The van der Waals surface area contributed by atoms with E-state index in [4.69, 9.17) is 0 Å². The summed E-state index contributed by atoms with van der Waals surface area (Å²) < 4.78 is 0. The van der Waals surface area contributed by atoms with Crippen LogP contribution in [0.5, 0.6) is 0 Å². The second-order valence-electron chi connectivity index (χ2n) is 3.15. The molecule has 11 heavy (non-hydrogen) atoms. The second kappa shape index (κ2) is 1.87. The van der Waals surface area contributed by atoms with Crippen molar-refractivity contribution in [3.63, 3.8) is 0 Å². The number of pyridine rings is 1. The maximum Gasteiger partial charge on any atom is 0.109 e. The molecule has 0 aromatic carbocycles. The van der Waals surface area contributed by atoms with Crippen LogP contribution in [0.15, 0.2) is 28.7 Å². The number of aromatic nitrogens is 1. The first kappa shape index (κ1) is 6.46. The molecule has 0 spiro atoms. The Morgan fingerprint density at radius 3 is 2.91 bits per heavy atom. The van der Waals surface area contributed by atoms with E-state index in [0.717, 1.165) is 11.3 Å². The number of rotatable bonds is 0. The van der Waals surface area contributed by atoms with E-state index in [1.54, 1.807) is 12.4 Å². The summed E-state index contributed by atoms with van der Waals surface area (Å²) in [5, 5.41) is 8.14. The molecule has 2 rings (SSSR count). The van der Waals surface area contributed by atoms with Gasteiger partial charge < -0.3 is 0 Å². The number of fused-ring (bicyclic) bond motifs is 1. The lowest BCUT2D eigenvalue weighted by Gasteiger charge is -2.12. The topological polar surface area (TPSA) is 37.6 Å². The Bertz CT molecular complexity index is 315. The molecule has 3 heteroatoms. The number of nitrogens with zero attached hydrogens (tertiary/aromatic N) is 3. The highest BCUT2D eigenvalue weighted by Crippen LogP contribution is 2.38. The van der Waals surface area contributed by atoms with E-state index in [2.05, 4.69) is 15.2 Å². The summed E-state index contributed by atoms with van der Waals surface area (Å²) in [5.74, 6) is 0. The molecule has 1 aromatic rings. The molecule has 1 aliphatic rings. The normalized spacial score (nSPS) is 18.4. The van der Waals surface area contributed by atoms with Crippen LogP contribution in [0.3, 0.4) is 0 Å². The van der Waals surface area contributed by atoms with Crippen molar-refractivity contribution in [2.24, 2.45) is 10.2 Å².